The molecule has 0 spiro atoms. The molecule has 3 nitrogen and oxygen atoms in total. The van der Waals surface area contributed by atoms with Crippen LogP contribution in [0.4, 0.5) is 4.39 Å². The standard InChI is InChI=1S/C15H10ClFN2O/c16-14-13-11(5-7-18-14)6-8-19(15(13)20)9-10-1-3-12(17)4-2-10/h1-8H,9H2. The Labute approximate surface area is 119 Å². The average Bonchev–Trinajstić information content (AvgIpc) is 2.44. The fourth-order valence-electron chi connectivity index (χ4n) is 2.09. The molecule has 2 heterocycles. The van der Waals surface area contributed by atoms with Crippen LogP contribution in [0.1, 0.15) is 5.56 Å². The summed E-state index contributed by atoms with van der Waals surface area (Å²) in [5.41, 5.74) is 0.637. The number of aromatic nitrogens is 2. The van der Waals surface area contributed by atoms with Crippen molar-refractivity contribution >= 4 is 22.4 Å². The van der Waals surface area contributed by atoms with Gasteiger partial charge in [0.1, 0.15) is 11.0 Å². The van der Waals surface area contributed by atoms with E-state index < -0.39 is 0 Å². The third kappa shape index (κ3) is 2.30. The number of hydrogen-bond donors (Lipinski definition) is 0. The van der Waals surface area contributed by atoms with Crippen LogP contribution in [0.3, 0.4) is 0 Å². The topological polar surface area (TPSA) is 34.9 Å². The lowest BCUT2D eigenvalue weighted by molar-refractivity contribution is 0.626. The first-order valence-electron chi connectivity index (χ1n) is 6.03. The van der Waals surface area contributed by atoms with Gasteiger partial charge in [-0.05, 0) is 35.2 Å². The molecular weight excluding hydrogens is 279 g/mol. The van der Waals surface area contributed by atoms with Gasteiger partial charge in [0.2, 0.25) is 0 Å². The van der Waals surface area contributed by atoms with Crippen LogP contribution >= 0.6 is 11.6 Å². The average molecular weight is 289 g/mol. The van der Waals surface area contributed by atoms with E-state index in [1.807, 2.05) is 6.07 Å². The van der Waals surface area contributed by atoms with Gasteiger partial charge in [0.25, 0.3) is 5.56 Å². The Morgan fingerprint density at radius 3 is 2.65 bits per heavy atom. The second-order valence-corrected chi connectivity index (χ2v) is 4.80. The molecule has 3 aromatic rings. The maximum atomic E-state index is 12.9. The van der Waals surface area contributed by atoms with Crippen LogP contribution in [0.25, 0.3) is 10.8 Å². The maximum Gasteiger partial charge on any atom is 0.261 e. The molecule has 2 aromatic heterocycles. The van der Waals surface area contributed by atoms with Crippen molar-refractivity contribution in [3.63, 3.8) is 0 Å². The largest absolute Gasteiger partial charge is 0.310 e. The summed E-state index contributed by atoms with van der Waals surface area (Å²) in [5.74, 6) is -0.299. The Kier molecular flexibility index (Phi) is 3.24. The maximum absolute atomic E-state index is 12.9. The van der Waals surface area contributed by atoms with E-state index in [9.17, 15) is 9.18 Å². The second-order valence-electron chi connectivity index (χ2n) is 4.44. The molecule has 3 rings (SSSR count). The Bertz CT molecular complexity index is 827. The highest BCUT2D eigenvalue weighted by Gasteiger charge is 2.07. The summed E-state index contributed by atoms with van der Waals surface area (Å²) >= 11 is 5.98. The first kappa shape index (κ1) is 12.8. The lowest BCUT2D eigenvalue weighted by atomic mass is 10.2. The first-order valence-corrected chi connectivity index (χ1v) is 6.41. The summed E-state index contributed by atoms with van der Waals surface area (Å²) in [6.45, 7) is 0.361. The third-order valence-corrected chi connectivity index (χ3v) is 3.40. The van der Waals surface area contributed by atoms with Gasteiger partial charge < -0.3 is 4.57 Å². The SMILES string of the molecule is O=c1c2c(Cl)nccc2ccn1Cc1ccc(F)cc1. The van der Waals surface area contributed by atoms with Crippen LogP contribution in [0.2, 0.25) is 5.15 Å². The minimum atomic E-state index is -0.299. The minimum absolute atomic E-state index is 0.195. The quantitative estimate of drug-likeness (QED) is 0.679. The van der Waals surface area contributed by atoms with Crippen molar-refractivity contribution in [2.75, 3.05) is 0 Å². The highest BCUT2D eigenvalue weighted by atomic mass is 35.5. The van der Waals surface area contributed by atoms with Crippen LogP contribution in [-0.2, 0) is 6.54 Å². The third-order valence-electron chi connectivity index (χ3n) is 3.11. The summed E-state index contributed by atoms with van der Waals surface area (Å²) in [7, 11) is 0. The summed E-state index contributed by atoms with van der Waals surface area (Å²) in [5, 5.41) is 1.35. The monoisotopic (exact) mass is 288 g/mol. The van der Waals surface area contributed by atoms with Gasteiger partial charge in [0, 0.05) is 12.4 Å². The molecule has 0 N–H and O–H groups in total. The Balaban J connectivity index is 2.09. The number of hydrogen-bond acceptors (Lipinski definition) is 2. The van der Waals surface area contributed by atoms with Gasteiger partial charge in [-0.3, -0.25) is 4.79 Å². The molecule has 1 aromatic carbocycles. The predicted molar refractivity (Wildman–Crippen MR) is 76.5 cm³/mol. The molecule has 0 aliphatic heterocycles. The van der Waals surface area contributed by atoms with Crippen molar-refractivity contribution < 1.29 is 4.39 Å². The van der Waals surface area contributed by atoms with Crippen LogP contribution in [-0.4, -0.2) is 9.55 Å². The van der Waals surface area contributed by atoms with Crippen molar-refractivity contribution in [3.8, 4) is 0 Å². The molecule has 0 aliphatic carbocycles. The zero-order valence-corrected chi connectivity index (χ0v) is 11.1. The Hall–Kier alpha value is -2.20. The van der Waals surface area contributed by atoms with Crippen molar-refractivity contribution in [2.45, 2.75) is 6.54 Å². The van der Waals surface area contributed by atoms with E-state index in [-0.39, 0.29) is 16.5 Å². The molecule has 0 radical (unpaired) electrons. The van der Waals surface area contributed by atoms with Crippen molar-refractivity contribution in [2.24, 2.45) is 0 Å². The zero-order chi connectivity index (χ0) is 14.1. The van der Waals surface area contributed by atoms with E-state index >= 15 is 0 Å². The molecule has 20 heavy (non-hydrogen) atoms. The zero-order valence-electron chi connectivity index (χ0n) is 10.4. The number of benzene rings is 1. The lowest BCUT2D eigenvalue weighted by Crippen LogP contribution is -2.20. The molecule has 0 aliphatic rings. The van der Waals surface area contributed by atoms with Gasteiger partial charge >= 0.3 is 0 Å². The molecule has 0 saturated heterocycles. The molecule has 100 valence electrons. The summed E-state index contributed by atoms with van der Waals surface area (Å²) in [6, 6.07) is 9.60. The first-order chi connectivity index (χ1) is 9.65. The predicted octanol–water partition coefficient (Wildman–Crippen LogP) is 3.24. The highest BCUT2D eigenvalue weighted by Crippen LogP contribution is 2.17. The molecule has 0 unspecified atom stereocenters. The normalized spacial score (nSPS) is 10.9. The molecule has 0 atom stereocenters. The summed E-state index contributed by atoms with van der Waals surface area (Å²) in [4.78, 5) is 16.3. The van der Waals surface area contributed by atoms with Crippen molar-refractivity contribution in [1.82, 2.24) is 9.55 Å². The molecule has 5 heteroatoms. The second kappa shape index (κ2) is 5.06. The smallest absolute Gasteiger partial charge is 0.261 e. The molecular formula is C15H10ClFN2O. The van der Waals surface area contributed by atoms with Crippen LogP contribution in [0, 0.1) is 5.82 Å². The summed E-state index contributed by atoms with van der Waals surface area (Å²) < 4.78 is 14.4. The molecule has 0 saturated carbocycles. The molecule has 0 amide bonds. The van der Waals surface area contributed by atoms with Gasteiger partial charge in [0.05, 0.1) is 11.9 Å². The van der Waals surface area contributed by atoms with E-state index in [2.05, 4.69) is 4.98 Å². The number of halogens is 2. The van der Waals surface area contributed by atoms with E-state index in [0.29, 0.717) is 11.9 Å². The van der Waals surface area contributed by atoms with Gasteiger partial charge in [-0.25, -0.2) is 9.37 Å². The number of fused-ring (bicyclic) bond motifs is 1. The number of rotatable bonds is 2. The minimum Gasteiger partial charge on any atom is -0.310 e. The van der Waals surface area contributed by atoms with Crippen LogP contribution < -0.4 is 5.56 Å². The van der Waals surface area contributed by atoms with E-state index in [1.54, 1.807) is 30.6 Å². The van der Waals surface area contributed by atoms with E-state index in [0.717, 1.165) is 10.9 Å². The van der Waals surface area contributed by atoms with E-state index in [4.69, 9.17) is 11.6 Å². The van der Waals surface area contributed by atoms with Gasteiger partial charge in [-0.2, -0.15) is 0 Å². The van der Waals surface area contributed by atoms with Crippen molar-refractivity contribution in [3.05, 3.63) is 75.7 Å². The van der Waals surface area contributed by atoms with E-state index in [1.165, 1.54) is 16.7 Å². The Morgan fingerprint density at radius 1 is 1.15 bits per heavy atom. The van der Waals surface area contributed by atoms with Crippen molar-refractivity contribution in [1.29, 1.82) is 0 Å². The molecule has 0 bridgehead atoms. The van der Waals surface area contributed by atoms with Crippen LogP contribution in [0.5, 0.6) is 0 Å². The van der Waals surface area contributed by atoms with Gasteiger partial charge in [-0.1, -0.05) is 23.7 Å². The van der Waals surface area contributed by atoms with Gasteiger partial charge in [0.15, 0.2) is 0 Å². The number of pyridine rings is 2. The molecule has 0 fully saturated rings. The fraction of sp³-hybridized carbons (Fsp3) is 0.0667. The summed E-state index contributed by atoms with van der Waals surface area (Å²) in [6.07, 6.45) is 3.26. The Morgan fingerprint density at radius 2 is 1.90 bits per heavy atom. The lowest BCUT2D eigenvalue weighted by Gasteiger charge is -2.08. The highest BCUT2D eigenvalue weighted by molar-refractivity contribution is 6.34. The number of nitrogens with zero attached hydrogens (tertiary/aromatic N) is 2. The van der Waals surface area contributed by atoms with Crippen LogP contribution in [0.15, 0.2) is 53.6 Å². The van der Waals surface area contributed by atoms with Gasteiger partial charge in [-0.15, -0.1) is 0 Å². The fourth-order valence-corrected chi connectivity index (χ4v) is 2.34.